The minimum absolute atomic E-state index is 0.0513. The zero-order valence-corrected chi connectivity index (χ0v) is 33.0. The lowest BCUT2D eigenvalue weighted by Crippen LogP contribution is -2.53. The summed E-state index contributed by atoms with van der Waals surface area (Å²) in [6.45, 7) is 2.98. The molecule has 5 aromatic carbocycles. The van der Waals surface area contributed by atoms with E-state index in [1.807, 2.05) is 127 Å². The van der Waals surface area contributed by atoms with E-state index in [2.05, 4.69) is 11.4 Å². The van der Waals surface area contributed by atoms with Crippen LogP contribution < -0.4 is 11.1 Å². The van der Waals surface area contributed by atoms with Gasteiger partial charge in [-0.05, 0) is 65.3 Å². The highest BCUT2D eigenvalue weighted by Gasteiger charge is 2.32. The number of hydrogen-bond acceptors (Lipinski definition) is 5. The molecule has 0 saturated carbocycles. The van der Waals surface area contributed by atoms with Gasteiger partial charge < -0.3 is 25.3 Å². The van der Waals surface area contributed by atoms with Crippen LogP contribution in [0.2, 0.25) is 5.02 Å². The molecule has 57 heavy (non-hydrogen) atoms. The average molecular weight is 785 g/mol. The Morgan fingerprint density at radius 2 is 1.54 bits per heavy atom. The number of esters is 1. The first kappa shape index (κ1) is 40.7. The fraction of sp³-hybridized carbons (Fsp3) is 0.277. The summed E-state index contributed by atoms with van der Waals surface area (Å²) in [5.74, 6) is -1.68. The summed E-state index contributed by atoms with van der Waals surface area (Å²) >= 11 is 6.52. The van der Waals surface area contributed by atoms with E-state index in [9.17, 15) is 19.2 Å². The molecule has 0 spiro atoms. The molecular weight excluding hydrogens is 736 g/mol. The normalized spacial score (nSPS) is 12.2. The van der Waals surface area contributed by atoms with Crippen LogP contribution in [-0.4, -0.2) is 51.8 Å². The molecule has 9 nitrogen and oxygen atoms in total. The molecule has 1 aromatic heterocycles. The first-order valence-electron chi connectivity index (χ1n) is 19.6. The topological polar surface area (TPSA) is 124 Å². The smallest absolute Gasteiger partial charge is 0.306 e. The van der Waals surface area contributed by atoms with Gasteiger partial charge in [-0.3, -0.25) is 19.2 Å². The van der Waals surface area contributed by atoms with Crippen LogP contribution in [0.15, 0.2) is 128 Å². The lowest BCUT2D eigenvalue weighted by atomic mass is 9.97. The molecule has 0 fully saturated rings. The first-order chi connectivity index (χ1) is 27.7. The van der Waals surface area contributed by atoms with Crippen molar-refractivity contribution in [1.29, 1.82) is 0 Å². The predicted octanol–water partition coefficient (Wildman–Crippen LogP) is 8.62. The summed E-state index contributed by atoms with van der Waals surface area (Å²) in [5.41, 5.74) is 9.81. The van der Waals surface area contributed by atoms with Crippen molar-refractivity contribution < 1.29 is 23.9 Å². The zero-order valence-electron chi connectivity index (χ0n) is 32.2. The number of amides is 3. The average Bonchev–Trinajstić information content (AvgIpc) is 3.59. The highest BCUT2D eigenvalue weighted by atomic mass is 35.5. The van der Waals surface area contributed by atoms with Crippen LogP contribution in [0, 0.1) is 0 Å². The van der Waals surface area contributed by atoms with E-state index >= 15 is 0 Å². The van der Waals surface area contributed by atoms with E-state index in [0.717, 1.165) is 44.8 Å². The van der Waals surface area contributed by atoms with Crippen molar-refractivity contribution in [3.63, 3.8) is 0 Å². The van der Waals surface area contributed by atoms with Gasteiger partial charge in [0.05, 0.1) is 5.56 Å². The minimum atomic E-state index is -1.01. The number of para-hydroxylation sites is 1. The van der Waals surface area contributed by atoms with Crippen LogP contribution in [0.25, 0.3) is 21.7 Å². The van der Waals surface area contributed by atoms with Gasteiger partial charge in [0.1, 0.15) is 12.6 Å². The maximum absolute atomic E-state index is 14.9. The summed E-state index contributed by atoms with van der Waals surface area (Å²) in [6, 6.07) is 37.2. The summed E-state index contributed by atoms with van der Waals surface area (Å²) in [5, 5.41) is 6.55. The fourth-order valence-corrected chi connectivity index (χ4v) is 7.48. The van der Waals surface area contributed by atoms with E-state index in [0.29, 0.717) is 36.5 Å². The van der Waals surface area contributed by atoms with Gasteiger partial charge >= 0.3 is 5.97 Å². The predicted molar refractivity (Wildman–Crippen MR) is 226 cm³/mol. The van der Waals surface area contributed by atoms with Crippen molar-refractivity contribution in [3.05, 3.63) is 155 Å². The Morgan fingerprint density at radius 3 is 2.32 bits per heavy atom. The Hall–Kier alpha value is -5.93. The quantitative estimate of drug-likeness (QED) is 0.0797. The Morgan fingerprint density at radius 1 is 0.825 bits per heavy atom. The maximum Gasteiger partial charge on any atom is 0.306 e. The molecule has 0 aliphatic rings. The van der Waals surface area contributed by atoms with Crippen LogP contribution >= 0.6 is 11.6 Å². The zero-order chi connectivity index (χ0) is 40.1. The monoisotopic (exact) mass is 784 g/mol. The summed E-state index contributed by atoms with van der Waals surface area (Å²) in [7, 11) is 0. The van der Waals surface area contributed by atoms with Gasteiger partial charge in [0.2, 0.25) is 11.8 Å². The van der Waals surface area contributed by atoms with Gasteiger partial charge in [-0.25, -0.2) is 0 Å². The third-order valence-corrected chi connectivity index (χ3v) is 10.6. The molecule has 0 radical (unpaired) electrons. The van der Waals surface area contributed by atoms with E-state index in [4.69, 9.17) is 22.1 Å². The minimum Gasteiger partial charge on any atom is -0.461 e. The number of carbonyl (C=O) groups excluding carboxylic acids is 4. The van der Waals surface area contributed by atoms with Gasteiger partial charge in [-0.1, -0.05) is 134 Å². The second kappa shape index (κ2) is 19.8. The number of hydrogen-bond donors (Lipinski definition) is 2. The summed E-state index contributed by atoms with van der Waals surface area (Å²) < 4.78 is 7.50. The standard InChI is InChI=1S/C47H49ClN4O5/c1-2-3-26-52(38(29-44(49)53)28-34-24-25-35-16-7-8-17-36(35)27-34)47(56)42(21-13-23-45(54)57-32-33-14-5-4-6-15-33)50-46(55)40-31-51(43-22-12-10-19-39(40)43)30-37-18-9-11-20-41(37)48/h4-12,14-20,22,24-25,27,31,38,42H,2-3,13,21,23,26,28-30,32H2,1H3,(H2,49,53)(H,50,55)/t38-,42-/m0/s1. The number of rotatable bonds is 19. The third-order valence-electron chi connectivity index (χ3n) is 10.2. The molecule has 0 bridgehead atoms. The number of unbranched alkanes of at least 4 members (excludes halogenated alkanes) is 1. The second-order valence-electron chi connectivity index (χ2n) is 14.4. The summed E-state index contributed by atoms with van der Waals surface area (Å²) in [6.07, 6.45) is 4.13. The second-order valence-corrected chi connectivity index (χ2v) is 14.8. The molecule has 1 heterocycles. The number of primary amides is 1. The molecule has 294 valence electrons. The number of halogens is 1. The number of nitrogens with zero attached hydrogens (tertiary/aromatic N) is 2. The number of fused-ring (bicyclic) bond motifs is 2. The Bertz CT molecular complexity index is 2320. The number of nitrogens with one attached hydrogen (secondary N) is 1. The van der Waals surface area contributed by atoms with Gasteiger partial charge in [0.15, 0.2) is 0 Å². The van der Waals surface area contributed by atoms with Crippen LogP contribution in [0.4, 0.5) is 0 Å². The third kappa shape index (κ3) is 10.9. The number of nitrogens with two attached hydrogens (primary N) is 1. The fourth-order valence-electron chi connectivity index (χ4n) is 7.29. The van der Waals surface area contributed by atoms with Gasteiger partial charge in [0.25, 0.3) is 5.91 Å². The molecule has 3 amide bonds. The molecular formula is C47H49ClN4O5. The van der Waals surface area contributed by atoms with Crippen molar-refractivity contribution in [1.82, 2.24) is 14.8 Å². The molecule has 0 aliphatic carbocycles. The van der Waals surface area contributed by atoms with Gasteiger partial charge in [0, 0.05) is 54.1 Å². The molecule has 10 heteroatoms. The highest BCUT2D eigenvalue weighted by molar-refractivity contribution is 6.31. The molecule has 6 rings (SSSR count). The van der Waals surface area contributed by atoms with Crippen molar-refractivity contribution in [3.8, 4) is 0 Å². The Labute approximate surface area is 338 Å². The number of benzene rings is 5. The van der Waals surface area contributed by atoms with E-state index in [1.54, 1.807) is 11.1 Å². The first-order valence-corrected chi connectivity index (χ1v) is 20.0. The van der Waals surface area contributed by atoms with E-state index < -0.39 is 29.9 Å². The molecule has 0 unspecified atom stereocenters. The highest BCUT2D eigenvalue weighted by Crippen LogP contribution is 2.26. The Balaban J connectivity index is 1.28. The number of ether oxygens (including phenoxy) is 1. The molecule has 0 saturated heterocycles. The van der Waals surface area contributed by atoms with E-state index in [1.165, 1.54) is 0 Å². The molecule has 0 aliphatic heterocycles. The van der Waals surface area contributed by atoms with Crippen LogP contribution in [0.1, 0.15) is 72.5 Å². The van der Waals surface area contributed by atoms with Crippen LogP contribution in [-0.2, 0) is 38.7 Å². The van der Waals surface area contributed by atoms with Crippen molar-refractivity contribution >= 4 is 57.0 Å². The molecule has 6 aromatic rings. The van der Waals surface area contributed by atoms with Gasteiger partial charge in [-0.2, -0.15) is 0 Å². The molecule has 3 N–H and O–H groups in total. The maximum atomic E-state index is 14.9. The largest absolute Gasteiger partial charge is 0.461 e. The van der Waals surface area contributed by atoms with Crippen molar-refractivity contribution in [2.75, 3.05) is 6.54 Å². The van der Waals surface area contributed by atoms with Crippen molar-refractivity contribution in [2.24, 2.45) is 5.73 Å². The lowest BCUT2D eigenvalue weighted by Gasteiger charge is -2.35. The molecule has 2 atom stereocenters. The number of aromatic nitrogens is 1. The Kier molecular flexibility index (Phi) is 14.1. The van der Waals surface area contributed by atoms with E-state index in [-0.39, 0.29) is 38.2 Å². The lowest BCUT2D eigenvalue weighted by molar-refractivity contribution is -0.145. The van der Waals surface area contributed by atoms with Crippen molar-refractivity contribution in [2.45, 2.75) is 77.1 Å². The number of carbonyl (C=O) groups is 4. The van der Waals surface area contributed by atoms with Crippen LogP contribution in [0.5, 0.6) is 0 Å². The van der Waals surface area contributed by atoms with Gasteiger partial charge in [-0.15, -0.1) is 0 Å². The van der Waals surface area contributed by atoms with Crippen LogP contribution in [0.3, 0.4) is 0 Å². The summed E-state index contributed by atoms with van der Waals surface area (Å²) in [4.78, 5) is 56.4. The SMILES string of the molecule is CCCCN(C(=O)[C@H](CCCC(=O)OCc1ccccc1)NC(=O)c1cn(Cc2ccccc2Cl)c2ccccc12)[C@H](CC(N)=O)Cc1ccc2ccccc2c1.